The van der Waals surface area contributed by atoms with Crippen LogP contribution in [0, 0.1) is 0 Å². The van der Waals surface area contributed by atoms with Crippen molar-refractivity contribution >= 4 is 12.0 Å². The van der Waals surface area contributed by atoms with Crippen LogP contribution in [0.3, 0.4) is 0 Å². The SMILES string of the molecule is COc1cc(C=CC(=O)OC2CNCCN2)ccc1O. The molecule has 0 aromatic heterocycles. The number of hydrogen-bond donors (Lipinski definition) is 3. The average molecular weight is 278 g/mol. The third-order valence-electron chi connectivity index (χ3n) is 2.88. The topological polar surface area (TPSA) is 79.8 Å². The van der Waals surface area contributed by atoms with Crippen LogP contribution in [0.4, 0.5) is 0 Å². The van der Waals surface area contributed by atoms with Crippen molar-refractivity contribution in [2.45, 2.75) is 6.23 Å². The lowest BCUT2D eigenvalue weighted by Gasteiger charge is -2.23. The predicted octanol–water partition coefficient (Wildman–Crippen LogP) is 0.476. The number of hydrogen-bond acceptors (Lipinski definition) is 6. The molecule has 0 saturated carbocycles. The fourth-order valence-electron chi connectivity index (χ4n) is 1.85. The van der Waals surface area contributed by atoms with Crippen LogP contribution >= 0.6 is 0 Å². The first-order chi connectivity index (χ1) is 9.69. The average Bonchev–Trinajstić information content (AvgIpc) is 2.47. The van der Waals surface area contributed by atoms with Crippen molar-refractivity contribution in [3.05, 3.63) is 29.8 Å². The van der Waals surface area contributed by atoms with Crippen molar-refractivity contribution in [1.29, 1.82) is 0 Å². The van der Waals surface area contributed by atoms with E-state index < -0.39 is 5.97 Å². The predicted molar refractivity (Wildman–Crippen MR) is 74.4 cm³/mol. The molecule has 3 N–H and O–H groups in total. The first-order valence-corrected chi connectivity index (χ1v) is 6.39. The van der Waals surface area contributed by atoms with Crippen LogP contribution in [-0.4, -0.2) is 44.0 Å². The highest BCUT2D eigenvalue weighted by atomic mass is 16.6. The molecule has 108 valence electrons. The van der Waals surface area contributed by atoms with E-state index in [0.717, 1.165) is 18.7 Å². The standard InChI is InChI=1S/C14H18N2O4/c1-19-12-8-10(2-4-11(12)17)3-5-14(18)20-13-9-15-6-7-16-13/h2-5,8,13,15-17H,6-7,9H2,1H3. The monoisotopic (exact) mass is 278 g/mol. The van der Waals surface area contributed by atoms with Crippen molar-refractivity contribution in [3.63, 3.8) is 0 Å². The number of phenolic OH excluding ortho intramolecular Hbond substituents is 1. The van der Waals surface area contributed by atoms with Crippen molar-refractivity contribution in [3.8, 4) is 11.5 Å². The molecule has 6 heteroatoms. The Hall–Kier alpha value is -2.05. The Labute approximate surface area is 117 Å². The number of aromatic hydroxyl groups is 1. The molecule has 20 heavy (non-hydrogen) atoms. The Kier molecular flexibility index (Phi) is 4.97. The van der Waals surface area contributed by atoms with Crippen LogP contribution in [0.15, 0.2) is 24.3 Å². The lowest BCUT2D eigenvalue weighted by atomic mass is 10.2. The maximum Gasteiger partial charge on any atom is 0.332 e. The number of carbonyl (C=O) groups is 1. The molecule has 0 spiro atoms. The van der Waals surface area contributed by atoms with Gasteiger partial charge in [-0.1, -0.05) is 6.07 Å². The van der Waals surface area contributed by atoms with Gasteiger partial charge in [0, 0.05) is 25.7 Å². The molecule has 1 aliphatic heterocycles. The van der Waals surface area contributed by atoms with Gasteiger partial charge in [-0.3, -0.25) is 5.32 Å². The molecule has 1 saturated heterocycles. The van der Waals surface area contributed by atoms with E-state index in [-0.39, 0.29) is 12.0 Å². The summed E-state index contributed by atoms with van der Waals surface area (Å²) in [5.74, 6) is 0.00149. The van der Waals surface area contributed by atoms with Crippen LogP contribution in [-0.2, 0) is 9.53 Å². The Balaban J connectivity index is 1.92. The number of nitrogens with one attached hydrogen (secondary N) is 2. The van der Waals surface area contributed by atoms with Gasteiger partial charge in [-0.05, 0) is 23.8 Å². The van der Waals surface area contributed by atoms with E-state index in [1.807, 2.05) is 0 Å². The summed E-state index contributed by atoms with van der Waals surface area (Å²) < 4.78 is 10.2. The molecule has 0 amide bonds. The maximum atomic E-state index is 11.6. The molecule has 1 aromatic rings. The van der Waals surface area contributed by atoms with Gasteiger partial charge >= 0.3 is 5.97 Å². The van der Waals surface area contributed by atoms with Crippen molar-refractivity contribution < 1.29 is 19.4 Å². The number of carbonyl (C=O) groups excluding carboxylic acids is 1. The second-order valence-corrected chi connectivity index (χ2v) is 4.35. The van der Waals surface area contributed by atoms with E-state index in [9.17, 15) is 9.90 Å². The van der Waals surface area contributed by atoms with E-state index >= 15 is 0 Å². The molecule has 1 unspecified atom stereocenters. The minimum Gasteiger partial charge on any atom is -0.504 e. The first-order valence-electron chi connectivity index (χ1n) is 6.39. The summed E-state index contributed by atoms with van der Waals surface area (Å²) >= 11 is 0. The molecule has 1 atom stereocenters. The van der Waals surface area contributed by atoms with Gasteiger partial charge < -0.3 is 19.9 Å². The summed E-state index contributed by atoms with van der Waals surface area (Å²) in [4.78, 5) is 11.6. The number of piperazine rings is 1. The van der Waals surface area contributed by atoms with Gasteiger partial charge in [0.1, 0.15) is 0 Å². The first kappa shape index (κ1) is 14.4. The third-order valence-corrected chi connectivity index (χ3v) is 2.88. The summed E-state index contributed by atoms with van der Waals surface area (Å²) in [5, 5.41) is 15.7. The van der Waals surface area contributed by atoms with Crippen molar-refractivity contribution in [2.75, 3.05) is 26.7 Å². The van der Waals surface area contributed by atoms with Gasteiger partial charge in [0.15, 0.2) is 17.7 Å². The Morgan fingerprint density at radius 2 is 2.30 bits per heavy atom. The molecule has 0 bridgehead atoms. The highest BCUT2D eigenvalue weighted by Gasteiger charge is 2.14. The van der Waals surface area contributed by atoms with E-state index in [1.54, 1.807) is 18.2 Å². The van der Waals surface area contributed by atoms with Crippen molar-refractivity contribution in [2.24, 2.45) is 0 Å². The fraction of sp³-hybridized carbons (Fsp3) is 0.357. The second-order valence-electron chi connectivity index (χ2n) is 4.35. The van der Waals surface area contributed by atoms with Gasteiger partial charge in [0.25, 0.3) is 0 Å². The Morgan fingerprint density at radius 1 is 1.45 bits per heavy atom. The quantitative estimate of drug-likeness (QED) is 0.549. The largest absolute Gasteiger partial charge is 0.504 e. The molecular formula is C14H18N2O4. The Morgan fingerprint density at radius 3 is 3.00 bits per heavy atom. The lowest BCUT2D eigenvalue weighted by molar-refractivity contribution is -0.144. The van der Waals surface area contributed by atoms with Gasteiger partial charge in [-0.15, -0.1) is 0 Å². The normalized spacial score (nSPS) is 18.9. The summed E-state index contributed by atoms with van der Waals surface area (Å²) in [6.07, 6.45) is 2.66. The van der Waals surface area contributed by atoms with Gasteiger partial charge in [0.05, 0.1) is 7.11 Å². The molecule has 1 aliphatic rings. The zero-order valence-electron chi connectivity index (χ0n) is 11.3. The fourth-order valence-corrected chi connectivity index (χ4v) is 1.85. The Bertz CT molecular complexity index is 496. The molecule has 2 rings (SSSR count). The third kappa shape index (κ3) is 3.97. The number of ether oxygens (including phenoxy) is 2. The molecular weight excluding hydrogens is 260 g/mol. The molecule has 1 aromatic carbocycles. The lowest BCUT2D eigenvalue weighted by Crippen LogP contribution is -2.50. The molecule has 6 nitrogen and oxygen atoms in total. The van der Waals surface area contributed by atoms with E-state index in [2.05, 4.69) is 10.6 Å². The van der Waals surface area contributed by atoms with Crippen molar-refractivity contribution in [1.82, 2.24) is 10.6 Å². The second kappa shape index (κ2) is 6.93. The van der Waals surface area contributed by atoms with Gasteiger partial charge in [0.2, 0.25) is 0 Å². The summed E-state index contributed by atoms with van der Waals surface area (Å²) in [6, 6.07) is 4.83. The van der Waals surface area contributed by atoms with Crippen LogP contribution < -0.4 is 15.4 Å². The summed E-state index contributed by atoms with van der Waals surface area (Å²) in [5.41, 5.74) is 0.742. The number of phenols is 1. The number of esters is 1. The zero-order valence-corrected chi connectivity index (χ0v) is 11.3. The molecule has 0 radical (unpaired) electrons. The van der Waals surface area contributed by atoms with Crippen LogP contribution in [0.25, 0.3) is 6.08 Å². The van der Waals surface area contributed by atoms with Crippen LogP contribution in [0.5, 0.6) is 11.5 Å². The molecule has 1 heterocycles. The smallest absolute Gasteiger partial charge is 0.332 e. The van der Waals surface area contributed by atoms with Gasteiger partial charge in [-0.2, -0.15) is 0 Å². The zero-order chi connectivity index (χ0) is 14.4. The molecule has 1 fully saturated rings. The molecule has 0 aliphatic carbocycles. The number of rotatable bonds is 4. The highest BCUT2D eigenvalue weighted by molar-refractivity contribution is 5.87. The summed E-state index contributed by atoms with van der Waals surface area (Å²) in [6.45, 7) is 2.25. The van der Waals surface area contributed by atoms with E-state index in [4.69, 9.17) is 9.47 Å². The maximum absolute atomic E-state index is 11.6. The van der Waals surface area contributed by atoms with Crippen LogP contribution in [0.1, 0.15) is 5.56 Å². The minimum absolute atomic E-state index is 0.0599. The van der Waals surface area contributed by atoms with E-state index in [1.165, 1.54) is 19.3 Å². The number of methoxy groups -OCH3 is 1. The number of benzene rings is 1. The van der Waals surface area contributed by atoms with Crippen LogP contribution in [0.2, 0.25) is 0 Å². The summed E-state index contributed by atoms with van der Waals surface area (Å²) in [7, 11) is 1.47. The minimum atomic E-state index is -0.418. The van der Waals surface area contributed by atoms with E-state index in [0.29, 0.717) is 12.3 Å². The highest BCUT2D eigenvalue weighted by Crippen LogP contribution is 2.26. The van der Waals surface area contributed by atoms with Gasteiger partial charge in [-0.25, -0.2) is 4.79 Å².